The zero-order chi connectivity index (χ0) is 53.7. The summed E-state index contributed by atoms with van der Waals surface area (Å²) >= 11 is 0. The van der Waals surface area contributed by atoms with Gasteiger partial charge in [-0.2, -0.15) is 0 Å². The van der Waals surface area contributed by atoms with Crippen LogP contribution >= 0.6 is 0 Å². The molecule has 0 spiro atoms. The summed E-state index contributed by atoms with van der Waals surface area (Å²) in [4.78, 5) is 12.7. The maximum absolute atomic E-state index is 12.7. The van der Waals surface area contributed by atoms with Crippen molar-refractivity contribution in [2.75, 3.05) is 6.61 Å². The van der Waals surface area contributed by atoms with Crippen LogP contribution in [-0.4, -0.2) is 57.3 Å². The van der Waals surface area contributed by atoms with Gasteiger partial charge in [0.1, 0.15) is 12.2 Å². The number of amides is 1. The van der Waals surface area contributed by atoms with Gasteiger partial charge in [0.05, 0.1) is 18.8 Å². The molecule has 0 radical (unpaired) electrons. The molecule has 0 aliphatic heterocycles. The molecule has 4 atom stereocenters. The molecule has 0 aromatic heterocycles. The first-order chi connectivity index (χ1) is 36.5. The number of hydrogen-bond donors (Lipinski definition) is 5. The van der Waals surface area contributed by atoms with E-state index in [2.05, 4.69) is 19.2 Å². The smallest absolute Gasteiger partial charge is 0.249 e. The number of rotatable bonds is 65. The lowest BCUT2D eigenvalue weighted by atomic mass is 9.99. The summed E-state index contributed by atoms with van der Waals surface area (Å²) < 4.78 is 0. The van der Waals surface area contributed by atoms with Crippen LogP contribution in [0.2, 0.25) is 0 Å². The SMILES string of the molecule is CCCCCCCCCCCCCCCCCCCCCCCCCCCCCCCCCC(O)C(O)C(CO)NC(=O)C(O)CCCCCCCCCCCCCCCCCCCCCCCCCCCCC. The molecule has 0 bridgehead atoms. The molecular weight excluding hydrogens is 911 g/mol. The van der Waals surface area contributed by atoms with Gasteiger partial charge in [-0.15, -0.1) is 0 Å². The highest BCUT2D eigenvalue weighted by molar-refractivity contribution is 5.80. The topological polar surface area (TPSA) is 110 Å². The Bertz CT molecular complexity index is 1040. The van der Waals surface area contributed by atoms with E-state index in [9.17, 15) is 25.2 Å². The quantitative estimate of drug-likeness (QED) is 0.0390. The largest absolute Gasteiger partial charge is 0.394 e. The molecule has 444 valence electrons. The fourth-order valence-electron chi connectivity index (χ4n) is 11.5. The van der Waals surface area contributed by atoms with Crippen LogP contribution in [0.25, 0.3) is 0 Å². The highest BCUT2D eigenvalue weighted by Gasteiger charge is 2.28. The van der Waals surface area contributed by atoms with E-state index in [1.807, 2.05) is 0 Å². The Morgan fingerprint density at radius 2 is 0.459 bits per heavy atom. The molecule has 4 unspecified atom stereocenters. The van der Waals surface area contributed by atoms with E-state index < -0.39 is 36.9 Å². The minimum atomic E-state index is -1.26. The number of aliphatic hydroxyl groups excluding tert-OH is 4. The molecule has 0 aromatic rings. The molecule has 0 aromatic carbocycles. The Balaban J connectivity index is 3.51. The van der Waals surface area contributed by atoms with Gasteiger partial charge in [-0.05, 0) is 12.8 Å². The van der Waals surface area contributed by atoms with Crippen molar-refractivity contribution < 1.29 is 25.2 Å². The number of aliphatic hydroxyl groups is 4. The number of nitrogens with one attached hydrogen (secondary N) is 1. The zero-order valence-corrected chi connectivity index (χ0v) is 50.6. The molecule has 74 heavy (non-hydrogen) atoms. The summed E-state index contributed by atoms with van der Waals surface area (Å²) in [6, 6.07) is -0.982. The third kappa shape index (κ3) is 56.0. The second kappa shape index (κ2) is 63.1. The lowest BCUT2D eigenvalue weighted by molar-refractivity contribution is -0.132. The van der Waals surface area contributed by atoms with E-state index in [4.69, 9.17) is 0 Å². The molecule has 0 rings (SSSR count). The van der Waals surface area contributed by atoms with Crippen molar-refractivity contribution >= 4 is 5.91 Å². The summed E-state index contributed by atoms with van der Waals surface area (Å²) in [6.45, 7) is 4.12. The van der Waals surface area contributed by atoms with Crippen LogP contribution in [0.15, 0.2) is 0 Å². The molecule has 0 aliphatic carbocycles. The summed E-state index contributed by atoms with van der Waals surface area (Å²) in [5.41, 5.74) is 0. The van der Waals surface area contributed by atoms with Crippen molar-refractivity contribution in [1.29, 1.82) is 0 Å². The summed E-state index contributed by atoms with van der Waals surface area (Å²) in [6.07, 6.45) is 76.5. The first kappa shape index (κ1) is 73.3. The fourth-order valence-corrected chi connectivity index (χ4v) is 11.5. The minimum absolute atomic E-state index is 0.377. The summed E-state index contributed by atoms with van der Waals surface area (Å²) in [5.74, 6) is -0.573. The Labute approximate surface area is 464 Å². The average Bonchev–Trinajstić information content (AvgIpc) is 3.41. The zero-order valence-electron chi connectivity index (χ0n) is 50.6. The molecule has 5 N–H and O–H groups in total. The molecule has 6 heteroatoms. The highest BCUT2D eigenvalue weighted by Crippen LogP contribution is 2.20. The predicted octanol–water partition coefficient (Wildman–Crippen LogP) is 21.0. The summed E-state index contributed by atoms with van der Waals surface area (Å²) in [7, 11) is 0. The van der Waals surface area contributed by atoms with Gasteiger partial charge >= 0.3 is 0 Å². The van der Waals surface area contributed by atoms with E-state index in [0.717, 1.165) is 38.5 Å². The molecule has 0 saturated heterocycles. The molecule has 0 fully saturated rings. The van der Waals surface area contributed by atoms with Crippen LogP contribution in [0, 0.1) is 0 Å². The van der Waals surface area contributed by atoms with Crippen LogP contribution in [0.1, 0.15) is 399 Å². The van der Waals surface area contributed by atoms with Crippen molar-refractivity contribution in [3.63, 3.8) is 0 Å². The van der Waals surface area contributed by atoms with Crippen molar-refractivity contribution in [2.45, 2.75) is 423 Å². The molecular formula is C68H137NO5. The van der Waals surface area contributed by atoms with Crippen LogP contribution in [-0.2, 0) is 4.79 Å². The van der Waals surface area contributed by atoms with E-state index >= 15 is 0 Å². The van der Waals surface area contributed by atoms with E-state index in [0.29, 0.717) is 12.8 Å². The van der Waals surface area contributed by atoms with Gasteiger partial charge in [-0.3, -0.25) is 4.79 Å². The van der Waals surface area contributed by atoms with Gasteiger partial charge in [0.2, 0.25) is 5.91 Å². The molecule has 0 saturated carbocycles. The van der Waals surface area contributed by atoms with E-state index in [1.165, 1.54) is 334 Å². The van der Waals surface area contributed by atoms with Crippen molar-refractivity contribution in [3.8, 4) is 0 Å². The van der Waals surface area contributed by atoms with Crippen LogP contribution < -0.4 is 5.32 Å². The third-order valence-corrected chi connectivity index (χ3v) is 16.8. The standard InChI is InChI=1S/C68H137NO5/c1-3-5-7-9-11-13-15-17-19-21-23-25-27-29-31-32-33-34-36-37-39-41-43-45-47-49-51-53-55-57-59-61-65(71)67(73)64(63-70)69-68(74)66(72)62-60-58-56-54-52-50-48-46-44-42-40-38-35-30-28-26-24-22-20-18-16-14-12-10-8-6-4-2/h64-67,70-73H,3-63H2,1-2H3,(H,69,74). The number of unbranched alkanes of at least 4 members (excludes halogenated alkanes) is 56. The number of carbonyl (C=O) groups is 1. The third-order valence-electron chi connectivity index (χ3n) is 16.8. The van der Waals surface area contributed by atoms with Gasteiger partial charge in [-0.25, -0.2) is 0 Å². The lowest BCUT2D eigenvalue weighted by Crippen LogP contribution is -2.53. The fraction of sp³-hybridized carbons (Fsp3) is 0.985. The maximum atomic E-state index is 12.7. The van der Waals surface area contributed by atoms with Gasteiger partial charge in [0, 0.05) is 0 Å². The monoisotopic (exact) mass is 1050 g/mol. The normalized spacial score (nSPS) is 13.4. The molecule has 0 heterocycles. The molecule has 6 nitrogen and oxygen atoms in total. The maximum Gasteiger partial charge on any atom is 0.249 e. The first-order valence-corrected chi connectivity index (χ1v) is 34.4. The highest BCUT2D eigenvalue weighted by atomic mass is 16.3. The number of hydrogen-bond acceptors (Lipinski definition) is 5. The van der Waals surface area contributed by atoms with Gasteiger partial charge < -0.3 is 25.7 Å². The predicted molar refractivity (Wildman–Crippen MR) is 325 cm³/mol. The van der Waals surface area contributed by atoms with Crippen LogP contribution in [0.5, 0.6) is 0 Å². The van der Waals surface area contributed by atoms with Gasteiger partial charge in [0.25, 0.3) is 0 Å². The van der Waals surface area contributed by atoms with Crippen LogP contribution in [0.3, 0.4) is 0 Å². The Hall–Kier alpha value is -0.690. The average molecular weight is 1050 g/mol. The Kier molecular flexibility index (Phi) is 62.6. The Morgan fingerprint density at radius 3 is 0.649 bits per heavy atom. The van der Waals surface area contributed by atoms with Crippen LogP contribution in [0.4, 0.5) is 0 Å². The van der Waals surface area contributed by atoms with E-state index in [1.54, 1.807) is 0 Å². The second-order valence-electron chi connectivity index (χ2n) is 24.2. The van der Waals surface area contributed by atoms with Gasteiger partial charge in [-0.1, -0.05) is 386 Å². The summed E-state index contributed by atoms with van der Waals surface area (Å²) in [5, 5.41) is 44.2. The van der Waals surface area contributed by atoms with Gasteiger partial charge in [0.15, 0.2) is 0 Å². The van der Waals surface area contributed by atoms with E-state index in [-0.39, 0.29) is 0 Å². The number of carbonyl (C=O) groups excluding carboxylic acids is 1. The molecule has 0 aliphatic rings. The first-order valence-electron chi connectivity index (χ1n) is 34.4. The minimum Gasteiger partial charge on any atom is -0.394 e. The van der Waals surface area contributed by atoms with Crippen molar-refractivity contribution in [3.05, 3.63) is 0 Å². The second-order valence-corrected chi connectivity index (χ2v) is 24.2. The Morgan fingerprint density at radius 1 is 0.284 bits per heavy atom. The molecule has 1 amide bonds. The van der Waals surface area contributed by atoms with Crippen molar-refractivity contribution in [2.24, 2.45) is 0 Å². The lowest BCUT2D eigenvalue weighted by Gasteiger charge is -2.27. The van der Waals surface area contributed by atoms with Crippen molar-refractivity contribution in [1.82, 2.24) is 5.32 Å².